The molecule has 0 bridgehead atoms. The summed E-state index contributed by atoms with van der Waals surface area (Å²) in [4.78, 5) is 29.8. The molecule has 31 heavy (non-hydrogen) atoms. The lowest BCUT2D eigenvalue weighted by Crippen LogP contribution is -2.27. The average molecular weight is 439 g/mol. The Bertz CT molecular complexity index is 1310. The van der Waals surface area contributed by atoms with Gasteiger partial charge in [0, 0.05) is 17.0 Å². The fraction of sp³-hybridized carbons (Fsp3) is 0.136. The third-order valence-electron chi connectivity index (χ3n) is 4.70. The molecule has 0 aliphatic heterocycles. The van der Waals surface area contributed by atoms with Crippen molar-refractivity contribution in [2.75, 3.05) is 19.5 Å². The Kier molecular flexibility index (Phi) is 5.68. The van der Waals surface area contributed by atoms with Gasteiger partial charge in [0.15, 0.2) is 0 Å². The molecule has 0 saturated carbocycles. The van der Waals surface area contributed by atoms with E-state index in [1.165, 1.54) is 48.6 Å². The van der Waals surface area contributed by atoms with Crippen molar-refractivity contribution in [1.29, 1.82) is 0 Å². The zero-order valence-electron chi connectivity index (χ0n) is 16.7. The number of methoxy groups -OCH3 is 2. The number of hydrogen-bond donors (Lipinski definition) is 1. The van der Waals surface area contributed by atoms with Crippen LogP contribution in [0.25, 0.3) is 21.3 Å². The number of fused-ring (bicyclic) bond motifs is 1. The second-order valence-corrected chi connectivity index (χ2v) is 7.51. The van der Waals surface area contributed by atoms with E-state index in [1.54, 1.807) is 35.7 Å². The van der Waals surface area contributed by atoms with Crippen molar-refractivity contribution in [1.82, 2.24) is 9.55 Å². The Morgan fingerprint density at radius 3 is 2.65 bits per heavy atom. The third-order valence-corrected chi connectivity index (χ3v) is 5.65. The van der Waals surface area contributed by atoms with E-state index in [1.807, 2.05) is 0 Å². The van der Waals surface area contributed by atoms with Crippen molar-refractivity contribution in [3.63, 3.8) is 0 Å². The number of benzene rings is 2. The van der Waals surface area contributed by atoms with Crippen LogP contribution < -0.4 is 20.3 Å². The summed E-state index contributed by atoms with van der Waals surface area (Å²) < 4.78 is 25.3. The van der Waals surface area contributed by atoms with E-state index in [9.17, 15) is 14.0 Å². The Morgan fingerprint density at radius 2 is 1.94 bits per heavy atom. The average Bonchev–Trinajstić information content (AvgIpc) is 3.21. The highest BCUT2D eigenvalue weighted by Gasteiger charge is 2.15. The van der Waals surface area contributed by atoms with Crippen molar-refractivity contribution < 1.29 is 18.7 Å². The molecule has 0 radical (unpaired) electrons. The molecule has 0 fully saturated rings. The molecular formula is C22H18FN3O4S. The summed E-state index contributed by atoms with van der Waals surface area (Å²) in [6, 6.07) is 11.0. The van der Waals surface area contributed by atoms with Crippen LogP contribution in [0.4, 0.5) is 10.1 Å². The monoisotopic (exact) mass is 439 g/mol. The zero-order chi connectivity index (χ0) is 22.0. The molecule has 4 rings (SSSR count). The number of nitrogens with one attached hydrogen (secondary N) is 1. The molecule has 2 aromatic heterocycles. The van der Waals surface area contributed by atoms with E-state index >= 15 is 0 Å². The Hall–Kier alpha value is -3.72. The van der Waals surface area contributed by atoms with Crippen LogP contribution >= 0.6 is 11.3 Å². The Labute approximate surface area is 180 Å². The summed E-state index contributed by atoms with van der Waals surface area (Å²) in [6.45, 7) is -0.216. The van der Waals surface area contributed by atoms with Crippen LogP contribution in [0.15, 0.2) is 59.0 Å². The zero-order valence-corrected chi connectivity index (χ0v) is 17.5. The van der Waals surface area contributed by atoms with E-state index < -0.39 is 5.91 Å². The number of carbonyl (C=O) groups is 1. The number of thiophene rings is 1. The van der Waals surface area contributed by atoms with Gasteiger partial charge in [-0.2, -0.15) is 0 Å². The molecule has 0 aliphatic rings. The molecular weight excluding hydrogens is 421 g/mol. The highest BCUT2D eigenvalue weighted by Crippen LogP contribution is 2.31. The molecule has 0 saturated heterocycles. The molecule has 1 amide bonds. The van der Waals surface area contributed by atoms with Crippen LogP contribution in [0.5, 0.6) is 11.5 Å². The van der Waals surface area contributed by atoms with Gasteiger partial charge >= 0.3 is 0 Å². The van der Waals surface area contributed by atoms with Crippen molar-refractivity contribution >= 4 is 33.1 Å². The molecule has 2 aromatic carbocycles. The highest BCUT2D eigenvalue weighted by atomic mass is 32.1. The normalized spacial score (nSPS) is 10.8. The summed E-state index contributed by atoms with van der Waals surface area (Å²) in [5.41, 5.74) is 2.14. The predicted octanol–water partition coefficient (Wildman–Crippen LogP) is 3.92. The lowest BCUT2D eigenvalue weighted by molar-refractivity contribution is -0.116. The molecule has 0 spiro atoms. The number of nitrogens with zero attached hydrogens (tertiary/aromatic N) is 2. The minimum atomic E-state index is -0.412. The van der Waals surface area contributed by atoms with Crippen LogP contribution in [0.2, 0.25) is 0 Å². The lowest BCUT2D eigenvalue weighted by atomic mass is 10.1. The summed E-state index contributed by atoms with van der Waals surface area (Å²) in [7, 11) is 3.02. The van der Waals surface area contributed by atoms with Crippen molar-refractivity contribution in [2.45, 2.75) is 6.54 Å². The first-order chi connectivity index (χ1) is 15.0. The number of anilines is 1. The number of hydrogen-bond acceptors (Lipinski definition) is 6. The summed E-state index contributed by atoms with van der Waals surface area (Å²) >= 11 is 1.24. The van der Waals surface area contributed by atoms with Crippen LogP contribution in [-0.2, 0) is 11.3 Å². The Balaban J connectivity index is 1.60. The predicted molar refractivity (Wildman–Crippen MR) is 117 cm³/mol. The van der Waals surface area contributed by atoms with Crippen molar-refractivity contribution in [3.05, 3.63) is 70.3 Å². The van der Waals surface area contributed by atoms with Gasteiger partial charge in [-0.15, -0.1) is 11.3 Å². The second kappa shape index (κ2) is 8.57. The summed E-state index contributed by atoms with van der Waals surface area (Å²) in [6.07, 6.45) is 1.34. The molecule has 0 aliphatic carbocycles. The molecule has 4 aromatic rings. The fourth-order valence-corrected chi connectivity index (χ4v) is 4.12. The molecule has 9 heteroatoms. The standard InChI is InChI=1S/C22H18FN3O4S/c1-29-15-7-8-18(30-2)17(9-15)25-19(27)10-26-12-24-20-16(11-31-21(20)22(26)28)13-3-5-14(23)6-4-13/h3-9,11-12H,10H2,1-2H3,(H,25,27). The first kappa shape index (κ1) is 20.5. The number of rotatable bonds is 6. The van der Waals surface area contributed by atoms with Gasteiger partial charge in [0.05, 0.1) is 31.8 Å². The quantitative estimate of drug-likeness (QED) is 0.492. The number of halogens is 1. The molecule has 7 nitrogen and oxygen atoms in total. The maximum Gasteiger partial charge on any atom is 0.271 e. The van der Waals surface area contributed by atoms with Crippen LogP contribution in [-0.4, -0.2) is 29.7 Å². The number of amides is 1. The van der Waals surface area contributed by atoms with Gasteiger partial charge in [-0.05, 0) is 29.8 Å². The SMILES string of the molecule is COc1ccc(OC)c(NC(=O)Cn2cnc3c(-c4ccc(F)cc4)csc3c2=O)c1. The smallest absolute Gasteiger partial charge is 0.271 e. The summed E-state index contributed by atoms with van der Waals surface area (Å²) in [5.74, 6) is 0.280. The number of carbonyl (C=O) groups excluding carboxylic acids is 1. The minimum absolute atomic E-state index is 0.216. The maximum atomic E-state index is 13.2. The van der Waals surface area contributed by atoms with E-state index in [4.69, 9.17) is 9.47 Å². The van der Waals surface area contributed by atoms with Gasteiger partial charge in [0.1, 0.15) is 28.6 Å². The largest absolute Gasteiger partial charge is 0.497 e. The van der Waals surface area contributed by atoms with Crippen LogP contribution in [0.1, 0.15) is 0 Å². The molecule has 1 N–H and O–H groups in total. The topological polar surface area (TPSA) is 82.4 Å². The fourth-order valence-electron chi connectivity index (χ4n) is 3.14. The van der Waals surface area contributed by atoms with Gasteiger partial charge in [0.2, 0.25) is 5.91 Å². The van der Waals surface area contributed by atoms with Gasteiger partial charge in [0.25, 0.3) is 5.56 Å². The van der Waals surface area contributed by atoms with E-state index in [0.29, 0.717) is 27.4 Å². The van der Waals surface area contributed by atoms with Crippen LogP contribution in [0.3, 0.4) is 0 Å². The molecule has 0 unspecified atom stereocenters. The Morgan fingerprint density at radius 1 is 1.16 bits per heavy atom. The molecule has 158 valence electrons. The van der Waals surface area contributed by atoms with Gasteiger partial charge in [-0.3, -0.25) is 14.2 Å². The number of aromatic nitrogens is 2. The molecule has 2 heterocycles. The second-order valence-electron chi connectivity index (χ2n) is 6.63. The maximum absolute atomic E-state index is 13.2. The van der Waals surface area contributed by atoms with E-state index in [0.717, 1.165) is 11.1 Å². The van der Waals surface area contributed by atoms with Gasteiger partial charge < -0.3 is 14.8 Å². The lowest BCUT2D eigenvalue weighted by Gasteiger charge is -2.12. The van der Waals surface area contributed by atoms with Gasteiger partial charge in [-0.1, -0.05) is 12.1 Å². The van der Waals surface area contributed by atoms with Crippen molar-refractivity contribution in [3.8, 4) is 22.6 Å². The van der Waals surface area contributed by atoms with E-state index in [-0.39, 0.29) is 17.9 Å². The minimum Gasteiger partial charge on any atom is -0.497 e. The number of ether oxygens (including phenoxy) is 2. The van der Waals surface area contributed by atoms with Gasteiger partial charge in [-0.25, -0.2) is 9.37 Å². The van der Waals surface area contributed by atoms with Crippen molar-refractivity contribution in [2.24, 2.45) is 0 Å². The first-order valence-corrected chi connectivity index (χ1v) is 10.1. The third kappa shape index (κ3) is 4.13. The molecule has 0 atom stereocenters. The summed E-state index contributed by atoms with van der Waals surface area (Å²) in [5, 5.41) is 4.54. The van der Waals surface area contributed by atoms with Crippen LogP contribution in [0, 0.1) is 5.82 Å². The highest BCUT2D eigenvalue weighted by molar-refractivity contribution is 7.17. The van der Waals surface area contributed by atoms with E-state index in [2.05, 4.69) is 10.3 Å². The first-order valence-electron chi connectivity index (χ1n) is 9.24.